The van der Waals surface area contributed by atoms with Crippen molar-refractivity contribution in [2.75, 3.05) is 32.7 Å². The fourth-order valence-corrected chi connectivity index (χ4v) is 3.92. The van der Waals surface area contributed by atoms with Crippen LogP contribution in [-0.4, -0.2) is 43.8 Å². The topological polar surface area (TPSA) is 15.3 Å². The first-order valence-corrected chi connectivity index (χ1v) is 7.95. The maximum atomic E-state index is 12.9. The Bertz CT molecular complexity index is 292. The zero-order chi connectivity index (χ0) is 14.6. The lowest BCUT2D eigenvalue weighted by atomic mass is 9.74. The Labute approximate surface area is 120 Å². The van der Waals surface area contributed by atoms with Crippen molar-refractivity contribution in [1.82, 2.24) is 10.2 Å². The van der Waals surface area contributed by atoms with Crippen LogP contribution >= 0.6 is 0 Å². The molecule has 0 bridgehead atoms. The molecule has 2 saturated heterocycles. The summed E-state index contributed by atoms with van der Waals surface area (Å²) in [4.78, 5) is 2.09. The van der Waals surface area contributed by atoms with E-state index in [0.29, 0.717) is 12.8 Å². The molecular weight excluding hydrogens is 265 g/mol. The van der Waals surface area contributed by atoms with Gasteiger partial charge in [0.1, 0.15) is 0 Å². The summed E-state index contributed by atoms with van der Waals surface area (Å²) in [6, 6.07) is 0. The van der Waals surface area contributed by atoms with Crippen molar-refractivity contribution in [3.63, 3.8) is 0 Å². The maximum absolute atomic E-state index is 12.9. The van der Waals surface area contributed by atoms with Crippen LogP contribution in [0.4, 0.5) is 13.2 Å². The number of likely N-dealkylation sites (tertiary alicyclic amines) is 1. The van der Waals surface area contributed by atoms with E-state index in [0.717, 1.165) is 51.9 Å². The SMILES string of the molecule is CCCC1(CN2CCCC(C(F)(F)F)C2)CCNCC1. The van der Waals surface area contributed by atoms with Gasteiger partial charge >= 0.3 is 6.18 Å². The van der Waals surface area contributed by atoms with Crippen LogP contribution in [0.15, 0.2) is 0 Å². The average molecular weight is 292 g/mol. The van der Waals surface area contributed by atoms with E-state index >= 15 is 0 Å². The highest BCUT2D eigenvalue weighted by atomic mass is 19.4. The predicted octanol–water partition coefficient (Wildman–Crippen LogP) is 3.43. The van der Waals surface area contributed by atoms with Crippen molar-refractivity contribution in [2.45, 2.75) is 51.6 Å². The molecule has 2 aliphatic heterocycles. The van der Waals surface area contributed by atoms with Crippen molar-refractivity contribution < 1.29 is 13.2 Å². The zero-order valence-electron chi connectivity index (χ0n) is 12.4. The summed E-state index contributed by atoms with van der Waals surface area (Å²) in [6.07, 6.45) is 1.44. The van der Waals surface area contributed by atoms with E-state index in [9.17, 15) is 13.2 Å². The molecule has 1 atom stereocenters. The smallest absolute Gasteiger partial charge is 0.317 e. The number of hydrogen-bond acceptors (Lipinski definition) is 2. The van der Waals surface area contributed by atoms with E-state index in [1.807, 2.05) is 0 Å². The first-order valence-electron chi connectivity index (χ1n) is 7.95. The Hall–Kier alpha value is -0.290. The standard InChI is InChI=1S/C15H27F3N2/c1-2-5-14(6-8-19-9-7-14)12-20-10-3-4-13(11-20)15(16,17)18/h13,19H,2-12H2,1H3. The first-order chi connectivity index (χ1) is 9.45. The van der Waals surface area contributed by atoms with Gasteiger partial charge in [0.15, 0.2) is 0 Å². The molecule has 0 aliphatic carbocycles. The van der Waals surface area contributed by atoms with Gasteiger partial charge in [-0.15, -0.1) is 0 Å². The number of halogens is 3. The molecule has 0 amide bonds. The van der Waals surface area contributed by atoms with Gasteiger partial charge in [-0.2, -0.15) is 13.2 Å². The lowest BCUT2D eigenvalue weighted by molar-refractivity contribution is -0.188. The van der Waals surface area contributed by atoms with Gasteiger partial charge in [-0.3, -0.25) is 0 Å². The Morgan fingerprint density at radius 3 is 2.55 bits per heavy atom. The van der Waals surface area contributed by atoms with Crippen molar-refractivity contribution >= 4 is 0 Å². The van der Waals surface area contributed by atoms with Gasteiger partial charge in [-0.1, -0.05) is 13.3 Å². The second-order valence-electron chi connectivity index (χ2n) is 6.62. The Balaban J connectivity index is 1.96. The molecule has 118 valence electrons. The van der Waals surface area contributed by atoms with Gasteiger partial charge < -0.3 is 10.2 Å². The Kier molecular flexibility index (Phi) is 5.35. The lowest BCUT2D eigenvalue weighted by Gasteiger charge is -2.44. The molecule has 1 unspecified atom stereocenters. The van der Waals surface area contributed by atoms with Crippen molar-refractivity contribution in [3.8, 4) is 0 Å². The van der Waals surface area contributed by atoms with E-state index in [1.54, 1.807) is 0 Å². The summed E-state index contributed by atoms with van der Waals surface area (Å²) in [7, 11) is 0. The molecule has 2 heterocycles. The van der Waals surface area contributed by atoms with Crippen LogP contribution in [0.1, 0.15) is 45.4 Å². The van der Waals surface area contributed by atoms with Gasteiger partial charge in [0.2, 0.25) is 0 Å². The highest BCUT2D eigenvalue weighted by Crippen LogP contribution is 2.38. The predicted molar refractivity (Wildman–Crippen MR) is 74.7 cm³/mol. The number of nitrogens with one attached hydrogen (secondary N) is 1. The molecule has 1 N–H and O–H groups in total. The molecule has 0 aromatic carbocycles. The van der Waals surface area contributed by atoms with Gasteiger partial charge in [0.05, 0.1) is 5.92 Å². The van der Waals surface area contributed by atoms with Crippen LogP contribution < -0.4 is 5.32 Å². The van der Waals surface area contributed by atoms with Crippen LogP contribution in [0.25, 0.3) is 0 Å². The first kappa shape index (κ1) is 16.1. The molecule has 2 nitrogen and oxygen atoms in total. The zero-order valence-corrected chi connectivity index (χ0v) is 12.4. The monoisotopic (exact) mass is 292 g/mol. The Morgan fingerprint density at radius 1 is 1.25 bits per heavy atom. The number of piperidine rings is 2. The minimum atomic E-state index is -4.02. The summed E-state index contributed by atoms with van der Waals surface area (Å²) in [6.45, 7) is 6.11. The third-order valence-corrected chi connectivity index (χ3v) is 4.97. The third kappa shape index (κ3) is 4.10. The highest BCUT2D eigenvalue weighted by Gasteiger charge is 2.43. The molecule has 0 spiro atoms. The molecule has 0 radical (unpaired) electrons. The third-order valence-electron chi connectivity index (χ3n) is 4.97. The van der Waals surface area contributed by atoms with Crippen LogP contribution in [0.2, 0.25) is 0 Å². The van der Waals surface area contributed by atoms with Crippen molar-refractivity contribution in [2.24, 2.45) is 11.3 Å². The average Bonchev–Trinajstić information content (AvgIpc) is 2.39. The summed E-state index contributed by atoms with van der Waals surface area (Å²) in [5.74, 6) is -1.11. The largest absolute Gasteiger partial charge is 0.393 e. The highest BCUT2D eigenvalue weighted by molar-refractivity contribution is 4.89. The summed E-state index contributed by atoms with van der Waals surface area (Å²) in [5.41, 5.74) is 0.244. The lowest BCUT2D eigenvalue weighted by Crippen LogP contribution is -2.49. The second kappa shape index (κ2) is 6.65. The minimum Gasteiger partial charge on any atom is -0.317 e. The molecule has 5 heteroatoms. The van der Waals surface area contributed by atoms with Crippen LogP contribution in [0, 0.1) is 11.3 Å². The molecule has 2 fully saturated rings. The van der Waals surface area contributed by atoms with E-state index in [2.05, 4.69) is 17.1 Å². The summed E-state index contributed by atoms with van der Waals surface area (Å²) < 4.78 is 38.7. The van der Waals surface area contributed by atoms with Crippen LogP contribution in [-0.2, 0) is 0 Å². The minimum absolute atomic E-state index is 0.211. The molecular formula is C15H27F3N2. The van der Waals surface area contributed by atoms with E-state index in [-0.39, 0.29) is 12.0 Å². The van der Waals surface area contributed by atoms with Crippen LogP contribution in [0.5, 0.6) is 0 Å². The van der Waals surface area contributed by atoms with Crippen LogP contribution in [0.3, 0.4) is 0 Å². The van der Waals surface area contributed by atoms with Crippen molar-refractivity contribution in [3.05, 3.63) is 0 Å². The van der Waals surface area contributed by atoms with Crippen molar-refractivity contribution in [1.29, 1.82) is 0 Å². The van der Waals surface area contributed by atoms with E-state index < -0.39 is 12.1 Å². The Morgan fingerprint density at radius 2 is 1.95 bits per heavy atom. The maximum Gasteiger partial charge on any atom is 0.393 e. The summed E-state index contributed by atoms with van der Waals surface area (Å²) >= 11 is 0. The summed E-state index contributed by atoms with van der Waals surface area (Å²) in [5, 5.41) is 3.37. The number of nitrogens with zero attached hydrogens (tertiary/aromatic N) is 1. The van der Waals surface area contributed by atoms with E-state index in [4.69, 9.17) is 0 Å². The molecule has 0 aromatic heterocycles. The molecule has 2 aliphatic rings. The molecule has 20 heavy (non-hydrogen) atoms. The van der Waals surface area contributed by atoms with Gasteiger partial charge in [0.25, 0.3) is 0 Å². The van der Waals surface area contributed by atoms with Gasteiger partial charge in [-0.25, -0.2) is 0 Å². The molecule has 0 saturated carbocycles. The van der Waals surface area contributed by atoms with Gasteiger partial charge in [0, 0.05) is 13.1 Å². The molecule has 0 aromatic rings. The molecule has 2 rings (SSSR count). The quantitative estimate of drug-likeness (QED) is 0.854. The fourth-order valence-electron chi connectivity index (χ4n) is 3.92. The number of rotatable bonds is 4. The second-order valence-corrected chi connectivity index (χ2v) is 6.62. The number of hydrogen-bond donors (Lipinski definition) is 1. The van der Waals surface area contributed by atoms with E-state index in [1.165, 1.54) is 0 Å². The van der Waals surface area contributed by atoms with Gasteiger partial charge in [-0.05, 0) is 57.2 Å². The number of alkyl halides is 3. The normalized spacial score (nSPS) is 28.5. The fraction of sp³-hybridized carbons (Fsp3) is 1.00.